The highest BCUT2D eigenvalue weighted by molar-refractivity contribution is 7.89. The first-order valence-corrected chi connectivity index (χ1v) is 6.78. The fourth-order valence-corrected chi connectivity index (χ4v) is 2.33. The second-order valence-corrected chi connectivity index (χ2v) is 5.63. The molecule has 0 bridgehead atoms. The lowest BCUT2D eigenvalue weighted by Crippen LogP contribution is -2.25. The molecular formula is C10H14ClNO2S. The molecule has 0 heterocycles. The van der Waals surface area contributed by atoms with Gasteiger partial charge < -0.3 is 0 Å². The first-order valence-electron chi connectivity index (χ1n) is 4.75. The van der Waals surface area contributed by atoms with E-state index in [2.05, 4.69) is 4.72 Å². The molecule has 15 heavy (non-hydrogen) atoms. The predicted molar refractivity (Wildman–Crippen MR) is 62.4 cm³/mol. The van der Waals surface area contributed by atoms with Crippen molar-refractivity contribution in [3.63, 3.8) is 0 Å². The van der Waals surface area contributed by atoms with Crippen LogP contribution in [-0.2, 0) is 16.6 Å². The predicted octanol–water partition coefficient (Wildman–Crippen LogP) is 2.17. The van der Waals surface area contributed by atoms with Crippen LogP contribution >= 0.6 is 11.6 Å². The van der Waals surface area contributed by atoms with Crippen LogP contribution < -0.4 is 4.72 Å². The van der Waals surface area contributed by atoms with Gasteiger partial charge in [-0.15, -0.1) is 0 Å². The Bertz CT molecular complexity index is 400. The van der Waals surface area contributed by atoms with Crippen LogP contribution in [0.3, 0.4) is 0 Å². The molecule has 1 aromatic rings. The molecule has 5 heteroatoms. The van der Waals surface area contributed by atoms with Crippen LogP contribution in [-0.4, -0.2) is 14.2 Å². The summed E-state index contributed by atoms with van der Waals surface area (Å²) in [5, 5.41) is 0.648. The Morgan fingerprint density at radius 3 is 2.40 bits per heavy atom. The van der Waals surface area contributed by atoms with E-state index in [4.69, 9.17) is 11.6 Å². The first kappa shape index (κ1) is 12.5. The minimum atomic E-state index is -3.12. The lowest BCUT2D eigenvalue weighted by Gasteiger charge is -2.05. The van der Waals surface area contributed by atoms with E-state index in [9.17, 15) is 8.42 Å². The monoisotopic (exact) mass is 247 g/mol. The zero-order valence-corrected chi connectivity index (χ0v) is 10.1. The van der Waals surface area contributed by atoms with Gasteiger partial charge in [-0.25, -0.2) is 13.1 Å². The Morgan fingerprint density at radius 2 is 1.87 bits per heavy atom. The zero-order valence-electron chi connectivity index (χ0n) is 8.53. The number of hydrogen-bond donors (Lipinski definition) is 1. The zero-order chi connectivity index (χ0) is 11.3. The summed E-state index contributed by atoms with van der Waals surface area (Å²) in [5.74, 6) is 0.167. The minimum absolute atomic E-state index is 0.167. The third-order valence-electron chi connectivity index (χ3n) is 1.88. The molecule has 0 aromatic heterocycles. The highest BCUT2D eigenvalue weighted by atomic mass is 35.5. The SMILES string of the molecule is CCCS(=O)(=O)NCc1ccc(Cl)cc1. The van der Waals surface area contributed by atoms with Gasteiger partial charge in [-0.3, -0.25) is 0 Å². The molecule has 1 N–H and O–H groups in total. The molecule has 0 radical (unpaired) electrons. The van der Waals surface area contributed by atoms with E-state index in [0.29, 0.717) is 18.0 Å². The van der Waals surface area contributed by atoms with Gasteiger partial charge in [-0.2, -0.15) is 0 Å². The molecule has 0 atom stereocenters. The second-order valence-electron chi connectivity index (χ2n) is 3.27. The highest BCUT2D eigenvalue weighted by Crippen LogP contribution is 2.09. The van der Waals surface area contributed by atoms with Crippen molar-refractivity contribution in [3.05, 3.63) is 34.9 Å². The van der Waals surface area contributed by atoms with Crippen LogP contribution in [0.25, 0.3) is 0 Å². The fourth-order valence-electron chi connectivity index (χ4n) is 1.14. The third-order valence-corrected chi connectivity index (χ3v) is 3.66. The quantitative estimate of drug-likeness (QED) is 0.867. The van der Waals surface area contributed by atoms with Crippen LogP contribution in [0.2, 0.25) is 5.02 Å². The number of hydrogen-bond acceptors (Lipinski definition) is 2. The molecule has 0 unspecified atom stereocenters. The van der Waals surface area contributed by atoms with E-state index in [1.807, 2.05) is 6.92 Å². The molecule has 0 saturated heterocycles. The molecular weight excluding hydrogens is 234 g/mol. The summed E-state index contributed by atoms with van der Waals surface area (Å²) in [6.45, 7) is 2.15. The largest absolute Gasteiger partial charge is 0.212 e. The van der Waals surface area contributed by atoms with Gasteiger partial charge in [0, 0.05) is 11.6 Å². The molecule has 0 aliphatic carbocycles. The van der Waals surface area contributed by atoms with Crippen LogP contribution in [0, 0.1) is 0 Å². The Balaban J connectivity index is 2.54. The first-order chi connectivity index (χ1) is 7.03. The Kier molecular flexibility index (Phi) is 4.57. The van der Waals surface area contributed by atoms with Crippen LogP contribution in [0.4, 0.5) is 0 Å². The Hall–Kier alpha value is -0.580. The number of nitrogens with one attached hydrogen (secondary N) is 1. The molecule has 0 saturated carbocycles. The summed E-state index contributed by atoms with van der Waals surface area (Å²) in [4.78, 5) is 0. The minimum Gasteiger partial charge on any atom is -0.212 e. The van der Waals surface area contributed by atoms with Crippen LogP contribution in [0.1, 0.15) is 18.9 Å². The highest BCUT2D eigenvalue weighted by Gasteiger charge is 2.07. The summed E-state index contributed by atoms with van der Waals surface area (Å²) in [6, 6.07) is 7.09. The van der Waals surface area contributed by atoms with Crippen molar-refractivity contribution < 1.29 is 8.42 Å². The average molecular weight is 248 g/mol. The second kappa shape index (κ2) is 5.49. The van der Waals surface area contributed by atoms with Gasteiger partial charge in [0.2, 0.25) is 10.0 Å². The standard InChI is InChI=1S/C10H14ClNO2S/c1-2-7-15(13,14)12-8-9-3-5-10(11)6-4-9/h3-6,12H,2,7-8H2,1H3. The molecule has 0 spiro atoms. The Labute approximate surface area is 95.5 Å². The van der Waals surface area contributed by atoms with Crippen molar-refractivity contribution in [2.75, 3.05) is 5.75 Å². The van der Waals surface area contributed by atoms with Crippen molar-refractivity contribution in [3.8, 4) is 0 Å². The van der Waals surface area contributed by atoms with Gasteiger partial charge >= 0.3 is 0 Å². The third kappa shape index (κ3) is 4.64. The van der Waals surface area contributed by atoms with Gasteiger partial charge in [0.25, 0.3) is 0 Å². The molecule has 1 aromatic carbocycles. The summed E-state index contributed by atoms with van der Waals surface area (Å²) in [6.07, 6.45) is 0.621. The van der Waals surface area contributed by atoms with Gasteiger partial charge in [-0.1, -0.05) is 30.7 Å². The maximum absolute atomic E-state index is 11.3. The van der Waals surface area contributed by atoms with Crippen LogP contribution in [0.15, 0.2) is 24.3 Å². The molecule has 0 aliphatic rings. The van der Waals surface area contributed by atoms with E-state index in [-0.39, 0.29) is 5.75 Å². The summed E-state index contributed by atoms with van der Waals surface area (Å²) >= 11 is 5.71. The van der Waals surface area contributed by atoms with E-state index in [1.54, 1.807) is 24.3 Å². The van der Waals surface area contributed by atoms with Crippen molar-refractivity contribution in [2.45, 2.75) is 19.9 Å². The van der Waals surface area contributed by atoms with Gasteiger partial charge in [0.15, 0.2) is 0 Å². The van der Waals surface area contributed by atoms with E-state index < -0.39 is 10.0 Å². The van der Waals surface area contributed by atoms with Crippen molar-refractivity contribution in [1.29, 1.82) is 0 Å². The molecule has 3 nitrogen and oxygen atoms in total. The van der Waals surface area contributed by atoms with Crippen molar-refractivity contribution >= 4 is 21.6 Å². The fraction of sp³-hybridized carbons (Fsp3) is 0.400. The van der Waals surface area contributed by atoms with E-state index in [1.165, 1.54) is 0 Å². The molecule has 1 rings (SSSR count). The Morgan fingerprint density at radius 1 is 1.27 bits per heavy atom. The maximum atomic E-state index is 11.3. The van der Waals surface area contributed by atoms with E-state index >= 15 is 0 Å². The molecule has 0 amide bonds. The average Bonchev–Trinajstić information content (AvgIpc) is 2.17. The van der Waals surface area contributed by atoms with Crippen molar-refractivity contribution in [2.24, 2.45) is 0 Å². The van der Waals surface area contributed by atoms with Crippen LogP contribution in [0.5, 0.6) is 0 Å². The number of halogens is 1. The van der Waals surface area contributed by atoms with Gasteiger partial charge in [0.1, 0.15) is 0 Å². The van der Waals surface area contributed by atoms with Gasteiger partial charge in [-0.05, 0) is 24.1 Å². The normalized spacial score (nSPS) is 11.6. The number of rotatable bonds is 5. The van der Waals surface area contributed by atoms with Gasteiger partial charge in [0.05, 0.1) is 5.75 Å². The number of sulfonamides is 1. The molecule has 0 fully saturated rings. The molecule has 0 aliphatic heterocycles. The lowest BCUT2D eigenvalue weighted by atomic mass is 10.2. The number of benzene rings is 1. The molecule has 84 valence electrons. The smallest absolute Gasteiger partial charge is 0.211 e. The van der Waals surface area contributed by atoms with E-state index in [0.717, 1.165) is 5.56 Å². The summed E-state index contributed by atoms with van der Waals surface area (Å²) < 4.78 is 25.2. The lowest BCUT2D eigenvalue weighted by molar-refractivity contribution is 0.580. The summed E-state index contributed by atoms with van der Waals surface area (Å²) in [7, 11) is -3.12. The summed E-state index contributed by atoms with van der Waals surface area (Å²) in [5.41, 5.74) is 0.902. The topological polar surface area (TPSA) is 46.2 Å². The maximum Gasteiger partial charge on any atom is 0.211 e. The van der Waals surface area contributed by atoms with Crippen molar-refractivity contribution in [1.82, 2.24) is 4.72 Å².